The normalized spacial score (nSPS) is 11.5. The Hall–Kier alpha value is -3.54. The van der Waals surface area contributed by atoms with E-state index < -0.39 is 0 Å². The topological polar surface area (TPSA) is 69.7 Å². The number of hydrogen-bond donors (Lipinski definition) is 1. The van der Waals surface area contributed by atoms with Crippen molar-refractivity contribution in [3.8, 4) is 17.2 Å². The zero-order chi connectivity index (χ0) is 22.1. The summed E-state index contributed by atoms with van der Waals surface area (Å²) in [5.74, 6) is 1.83. The first-order valence-electron chi connectivity index (χ1n) is 10.4. The summed E-state index contributed by atoms with van der Waals surface area (Å²) in [6, 6.07) is 16.5. The number of hydrogen-bond acceptors (Lipinski definition) is 5. The highest BCUT2D eigenvalue weighted by atomic mass is 16.5. The van der Waals surface area contributed by atoms with Gasteiger partial charge in [-0.3, -0.25) is 9.78 Å². The Morgan fingerprint density at radius 3 is 2.52 bits per heavy atom. The lowest BCUT2D eigenvalue weighted by molar-refractivity contribution is 0.0939. The van der Waals surface area contributed by atoms with Crippen molar-refractivity contribution in [3.63, 3.8) is 0 Å². The van der Waals surface area contributed by atoms with Crippen LogP contribution < -0.4 is 19.5 Å². The van der Waals surface area contributed by atoms with E-state index in [2.05, 4.69) is 10.3 Å². The predicted octanol–water partition coefficient (Wildman–Crippen LogP) is 4.95. The molecule has 1 heterocycles. The molecule has 6 nitrogen and oxygen atoms in total. The maximum absolute atomic E-state index is 12.8. The van der Waals surface area contributed by atoms with Crippen LogP contribution in [-0.2, 0) is 6.61 Å². The maximum Gasteiger partial charge on any atom is 0.251 e. The molecule has 0 radical (unpaired) electrons. The summed E-state index contributed by atoms with van der Waals surface area (Å²) in [5.41, 5.74) is 2.43. The van der Waals surface area contributed by atoms with Crippen LogP contribution in [0.4, 0.5) is 0 Å². The molecule has 0 saturated carbocycles. The molecular formula is C25H28N2O4. The van der Waals surface area contributed by atoms with E-state index in [-0.39, 0.29) is 11.9 Å². The van der Waals surface area contributed by atoms with Gasteiger partial charge in [0.15, 0.2) is 11.5 Å². The fraction of sp³-hybridized carbons (Fsp3) is 0.280. The second-order valence-corrected chi connectivity index (χ2v) is 6.95. The van der Waals surface area contributed by atoms with Crippen LogP contribution in [0.2, 0.25) is 0 Å². The van der Waals surface area contributed by atoms with Gasteiger partial charge in [-0.1, -0.05) is 18.2 Å². The summed E-state index contributed by atoms with van der Waals surface area (Å²) in [6.07, 6.45) is 3.48. The molecule has 31 heavy (non-hydrogen) atoms. The molecule has 0 aliphatic rings. The monoisotopic (exact) mass is 420 g/mol. The zero-order valence-corrected chi connectivity index (χ0v) is 18.1. The lowest BCUT2D eigenvalue weighted by Crippen LogP contribution is -2.26. The van der Waals surface area contributed by atoms with Crippen LogP contribution in [0.15, 0.2) is 67.0 Å². The molecule has 1 unspecified atom stereocenters. The van der Waals surface area contributed by atoms with Gasteiger partial charge in [-0.15, -0.1) is 0 Å². The molecule has 1 amide bonds. The number of amides is 1. The lowest BCUT2D eigenvalue weighted by Gasteiger charge is -2.18. The third kappa shape index (κ3) is 6.22. The summed E-state index contributed by atoms with van der Waals surface area (Å²) in [4.78, 5) is 16.9. The number of pyridine rings is 1. The smallest absolute Gasteiger partial charge is 0.251 e. The summed E-state index contributed by atoms with van der Waals surface area (Å²) >= 11 is 0. The molecule has 0 aliphatic carbocycles. The van der Waals surface area contributed by atoms with E-state index in [0.29, 0.717) is 42.6 Å². The van der Waals surface area contributed by atoms with Gasteiger partial charge in [-0.25, -0.2) is 0 Å². The number of nitrogens with one attached hydrogen (secondary N) is 1. The second-order valence-electron chi connectivity index (χ2n) is 6.95. The van der Waals surface area contributed by atoms with Crippen LogP contribution in [0.3, 0.4) is 0 Å². The van der Waals surface area contributed by atoms with Gasteiger partial charge in [0.1, 0.15) is 12.4 Å². The molecule has 0 fully saturated rings. The Morgan fingerprint density at radius 1 is 0.968 bits per heavy atom. The standard InChI is InChI=1S/C25H28N2O4/c1-4-29-23-12-11-20(15-24(23)30-5-2)18(3)27-25(28)21-9-6-10-22(14-21)31-17-19-8-7-13-26-16-19/h6-16,18H,4-5,17H2,1-3H3,(H,27,28). The van der Waals surface area contributed by atoms with Crippen LogP contribution in [-0.4, -0.2) is 24.1 Å². The van der Waals surface area contributed by atoms with Crippen LogP contribution >= 0.6 is 0 Å². The molecule has 162 valence electrons. The van der Waals surface area contributed by atoms with Crippen molar-refractivity contribution >= 4 is 5.91 Å². The van der Waals surface area contributed by atoms with Gasteiger partial charge in [-0.05, 0) is 62.7 Å². The van der Waals surface area contributed by atoms with E-state index in [4.69, 9.17) is 14.2 Å². The average molecular weight is 421 g/mol. The van der Waals surface area contributed by atoms with Crippen molar-refractivity contribution in [3.05, 3.63) is 83.7 Å². The highest BCUT2D eigenvalue weighted by Crippen LogP contribution is 2.31. The van der Waals surface area contributed by atoms with E-state index in [1.54, 1.807) is 24.5 Å². The molecule has 1 aromatic heterocycles. The molecule has 1 atom stereocenters. The third-order valence-corrected chi connectivity index (χ3v) is 4.64. The summed E-state index contributed by atoms with van der Waals surface area (Å²) in [6.45, 7) is 7.28. The average Bonchev–Trinajstić information content (AvgIpc) is 2.80. The van der Waals surface area contributed by atoms with Crippen LogP contribution in [0.5, 0.6) is 17.2 Å². The molecular weight excluding hydrogens is 392 g/mol. The minimum atomic E-state index is -0.206. The van der Waals surface area contributed by atoms with E-state index >= 15 is 0 Å². The first kappa shape index (κ1) is 22.2. The third-order valence-electron chi connectivity index (χ3n) is 4.64. The first-order valence-corrected chi connectivity index (χ1v) is 10.4. The van der Waals surface area contributed by atoms with Gasteiger partial charge in [0.05, 0.1) is 19.3 Å². The van der Waals surface area contributed by atoms with Gasteiger partial charge in [0.25, 0.3) is 5.91 Å². The number of ether oxygens (including phenoxy) is 3. The maximum atomic E-state index is 12.8. The van der Waals surface area contributed by atoms with E-state index in [1.807, 2.05) is 63.2 Å². The molecule has 0 aliphatic heterocycles. The summed E-state index contributed by atoms with van der Waals surface area (Å²) in [5, 5.41) is 3.03. The fourth-order valence-electron chi connectivity index (χ4n) is 3.08. The van der Waals surface area contributed by atoms with Crippen LogP contribution in [0.1, 0.15) is 48.3 Å². The van der Waals surface area contributed by atoms with Crippen LogP contribution in [0, 0.1) is 0 Å². The molecule has 3 rings (SSSR count). The van der Waals surface area contributed by atoms with Crippen molar-refractivity contribution in [1.29, 1.82) is 0 Å². The Balaban J connectivity index is 1.66. The summed E-state index contributed by atoms with van der Waals surface area (Å²) < 4.78 is 17.1. The zero-order valence-electron chi connectivity index (χ0n) is 18.1. The van der Waals surface area contributed by atoms with Crippen molar-refractivity contribution in [2.45, 2.75) is 33.4 Å². The first-order chi connectivity index (χ1) is 15.1. The Morgan fingerprint density at radius 2 is 1.77 bits per heavy atom. The number of aromatic nitrogens is 1. The molecule has 0 spiro atoms. The van der Waals surface area contributed by atoms with Gasteiger partial charge < -0.3 is 19.5 Å². The molecule has 0 saturated heterocycles. The highest BCUT2D eigenvalue weighted by Gasteiger charge is 2.15. The van der Waals surface area contributed by atoms with E-state index in [0.717, 1.165) is 11.1 Å². The number of benzene rings is 2. The minimum Gasteiger partial charge on any atom is -0.490 e. The van der Waals surface area contributed by atoms with Gasteiger partial charge in [-0.2, -0.15) is 0 Å². The van der Waals surface area contributed by atoms with Gasteiger partial charge >= 0.3 is 0 Å². The number of nitrogens with zero attached hydrogens (tertiary/aromatic N) is 1. The molecule has 6 heteroatoms. The largest absolute Gasteiger partial charge is 0.490 e. The lowest BCUT2D eigenvalue weighted by atomic mass is 10.1. The molecule has 1 N–H and O–H groups in total. The van der Waals surface area contributed by atoms with Crippen molar-refractivity contribution in [1.82, 2.24) is 10.3 Å². The van der Waals surface area contributed by atoms with E-state index in [9.17, 15) is 4.79 Å². The summed E-state index contributed by atoms with van der Waals surface area (Å²) in [7, 11) is 0. The van der Waals surface area contributed by atoms with Gasteiger partial charge in [0.2, 0.25) is 0 Å². The van der Waals surface area contributed by atoms with E-state index in [1.165, 1.54) is 0 Å². The number of carbonyl (C=O) groups is 1. The quantitative estimate of drug-likeness (QED) is 0.503. The SMILES string of the molecule is CCOc1ccc(C(C)NC(=O)c2cccc(OCc3cccnc3)c2)cc1OCC. The minimum absolute atomic E-state index is 0.175. The highest BCUT2D eigenvalue weighted by molar-refractivity contribution is 5.94. The second kappa shape index (κ2) is 11.0. The van der Waals surface area contributed by atoms with Crippen molar-refractivity contribution in [2.24, 2.45) is 0 Å². The van der Waals surface area contributed by atoms with Crippen molar-refractivity contribution in [2.75, 3.05) is 13.2 Å². The predicted molar refractivity (Wildman–Crippen MR) is 120 cm³/mol. The van der Waals surface area contributed by atoms with Crippen LogP contribution in [0.25, 0.3) is 0 Å². The number of rotatable bonds is 10. The molecule has 0 bridgehead atoms. The molecule has 3 aromatic rings. The van der Waals surface area contributed by atoms with Crippen molar-refractivity contribution < 1.29 is 19.0 Å². The molecule has 2 aromatic carbocycles. The van der Waals surface area contributed by atoms with Gasteiger partial charge in [0, 0.05) is 23.5 Å². The Kier molecular flexibility index (Phi) is 7.87. The number of carbonyl (C=O) groups excluding carboxylic acids is 1. The Labute approximate surface area is 183 Å². The fourth-order valence-corrected chi connectivity index (χ4v) is 3.08. The Bertz CT molecular complexity index is 992.